The third-order valence-electron chi connectivity index (χ3n) is 2.17. The van der Waals surface area contributed by atoms with E-state index in [-0.39, 0.29) is 11.7 Å². The largest absolute Gasteiger partial charge is 0.474 e. The van der Waals surface area contributed by atoms with E-state index in [0.717, 1.165) is 6.42 Å². The molecule has 0 radical (unpaired) electrons. The summed E-state index contributed by atoms with van der Waals surface area (Å²) in [6.45, 7) is 1.98. The van der Waals surface area contributed by atoms with E-state index in [1.54, 1.807) is 13.2 Å². The molecule has 1 heterocycles. The summed E-state index contributed by atoms with van der Waals surface area (Å²) in [6.07, 6.45) is 2.26. The van der Waals surface area contributed by atoms with Crippen LogP contribution in [-0.2, 0) is 9.47 Å². The monoisotopic (exact) mass is 270 g/mol. The van der Waals surface area contributed by atoms with Gasteiger partial charge in [0.2, 0.25) is 5.88 Å². The van der Waals surface area contributed by atoms with Crippen LogP contribution in [0.2, 0.25) is 0 Å². The minimum absolute atomic E-state index is 0.0779. The van der Waals surface area contributed by atoms with E-state index in [1.807, 2.05) is 0 Å². The fourth-order valence-electron chi connectivity index (χ4n) is 1.28. The van der Waals surface area contributed by atoms with Crippen LogP contribution in [0.15, 0.2) is 17.4 Å². The lowest BCUT2D eigenvalue weighted by Crippen LogP contribution is -2.17. The van der Waals surface area contributed by atoms with E-state index in [1.165, 1.54) is 6.20 Å². The maximum atomic E-state index is 8.63. The van der Waals surface area contributed by atoms with Gasteiger partial charge in [-0.15, -0.1) is 5.10 Å². The Kier molecular flexibility index (Phi) is 7.21. The van der Waals surface area contributed by atoms with Gasteiger partial charge in [0.25, 0.3) is 0 Å². The van der Waals surface area contributed by atoms with Gasteiger partial charge in [0.05, 0.1) is 18.4 Å². The molecule has 3 N–H and O–H groups in total. The smallest absolute Gasteiger partial charge is 0.244 e. The molecule has 0 fully saturated rings. The minimum Gasteiger partial charge on any atom is -0.474 e. The van der Waals surface area contributed by atoms with Crippen LogP contribution >= 0.6 is 0 Å². The maximum Gasteiger partial charge on any atom is 0.244 e. The molecule has 0 saturated heterocycles. The van der Waals surface area contributed by atoms with Gasteiger partial charge in [0.1, 0.15) is 6.61 Å². The van der Waals surface area contributed by atoms with Crippen LogP contribution in [0.4, 0.5) is 0 Å². The van der Waals surface area contributed by atoms with Crippen molar-refractivity contribution >= 4 is 5.84 Å². The van der Waals surface area contributed by atoms with E-state index in [4.69, 9.17) is 25.2 Å². The van der Waals surface area contributed by atoms with Crippen LogP contribution in [0.25, 0.3) is 0 Å². The molecule has 0 amide bonds. The lowest BCUT2D eigenvalue weighted by atomic mass is 10.3. The van der Waals surface area contributed by atoms with E-state index >= 15 is 0 Å². The third kappa shape index (κ3) is 5.49. The number of amidine groups is 1. The second kappa shape index (κ2) is 9.06. The Morgan fingerprint density at radius 3 is 2.95 bits per heavy atom. The highest BCUT2D eigenvalue weighted by Crippen LogP contribution is 2.12. The molecule has 0 aliphatic heterocycles. The second-order valence-electron chi connectivity index (χ2n) is 3.54. The van der Waals surface area contributed by atoms with Gasteiger partial charge < -0.3 is 25.2 Å². The average Bonchev–Trinajstić information content (AvgIpc) is 2.46. The van der Waals surface area contributed by atoms with Crippen molar-refractivity contribution in [1.29, 1.82) is 0 Å². The number of hydrogen-bond donors (Lipinski definition) is 2. The van der Waals surface area contributed by atoms with Crippen molar-refractivity contribution in [2.45, 2.75) is 6.42 Å². The summed E-state index contributed by atoms with van der Waals surface area (Å²) in [5.41, 5.74) is 5.87. The summed E-state index contributed by atoms with van der Waals surface area (Å²) < 4.78 is 15.6. The summed E-state index contributed by atoms with van der Waals surface area (Å²) in [4.78, 5) is 0. The normalized spacial score (nSPS) is 11.5. The van der Waals surface area contributed by atoms with Crippen molar-refractivity contribution in [3.05, 3.63) is 17.8 Å². The molecule has 0 aliphatic carbocycles. The molecule has 1 aromatic heterocycles. The average molecular weight is 270 g/mol. The molecule has 8 nitrogen and oxygen atoms in total. The third-order valence-corrected chi connectivity index (χ3v) is 2.17. The van der Waals surface area contributed by atoms with Gasteiger partial charge in [-0.25, -0.2) is 0 Å². The Bertz CT molecular complexity index is 400. The van der Waals surface area contributed by atoms with Crippen LogP contribution in [0.3, 0.4) is 0 Å². The SMILES string of the molecule is COCCCOCCOc1nnccc1/C(N)=N/O. The number of hydrogen-bond acceptors (Lipinski definition) is 7. The van der Waals surface area contributed by atoms with Gasteiger partial charge in [-0.2, -0.15) is 5.10 Å². The highest BCUT2D eigenvalue weighted by atomic mass is 16.5. The Morgan fingerprint density at radius 1 is 1.37 bits per heavy atom. The molecular weight excluding hydrogens is 252 g/mol. The van der Waals surface area contributed by atoms with Crippen LogP contribution in [-0.4, -0.2) is 54.8 Å². The summed E-state index contributed by atoms with van der Waals surface area (Å²) in [7, 11) is 1.64. The number of nitrogens with zero attached hydrogens (tertiary/aromatic N) is 3. The van der Waals surface area contributed by atoms with E-state index < -0.39 is 0 Å². The second-order valence-corrected chi connectivity index (χ2v) is 3.54. The van der Waals surface area contributed by atoms with Gasteiger partial charge in [0.15, 0.2) is 5.84 Å². The first kappa shape index (κ1) is 15.1. The standard InChI is InChI=1S/C11H18N4O4/c1-17-5-2-6-18-7-8-19-11-9(10(12)15-16)3-4-13-14-11/h3-4,16H,2,5-8H2,1H3,(H2,12,15). The lowest BCUT2D eigenvalue weighted by molar-refractivity contribution is 0.0792. The topological polar surface area (TPSA) is 112 Å². The molecule has 1 aromatic rings. The zero-order valence-corrected chi connectivity index (χ0v) is 10.8. The molecular formula is C11H18N4O4. The predicted molar refractivity (Wildman–Crippen MR) is 67.3 cm³/mol. The van der Waals surface area contributed by atoms with Gasteiger partial charge in [-0.05, 0) is 12.5 Å². The minimum atomic E-state index is -0.0779. The van der Waals surface area contributed by atoms with Crippen molar-refractivity contribution in [3.63, 3.8) is 0 Å². The Morgan fingerprint density at radius 2 is 2.21 bits per heavy atom. The molecule has 0 aliphatic rings. The van der Waals surface area contributed by atoms with Crippen molar-refractivity contribution in [3.8, 4) is 5.88 Å². The summed E-state index contributed by atoms with van der Waals surface area (Å²) >= 11 is 0. The highest BCUT2D eigenvalue weighted by Gasteiger charge is 2.09. The Hall–Kier alpha value is -1.93. The maximum absolute atomic E-state index is 8.63. The molecule has 0 bridgehead atoms. The van der Waals surface area contributed by atoms with Crippen molar-refractivity contribution in [2.75, 3.05) is 33.5 Å². The first-order valence-electron chi connectivity index (χ1n) is 5.78. The number of methoxy groups -OCH3 is 1. The lowest BCUT2D eigenvalue weighted by Gasteiger charge is -2.08. The zero-order chi connectivity index (χ0) is 13.9. The quantitative estimate of drug-likeness (QED) is 0.213. The molecule has 8 heteroatoms. The van der Waals surface area contributed by atoms with Crippen LogP contribution in [0.5, 0.6) is 5.88 Å². The predicted octanol–water partition coefficient (Wildman–Crippen LogP) is 0.00300. The molecule has 1 rings (SSSR count). The van der Waals surface area contributed by atoms with Crippen LogP contribution < -0.4 is 10.5 Å². The molecule has 0 atom stereocenters. The van der Waals surface area contributed by atoms with Gasteiger partial charge in [-0.1, -0.05) is 5.16 Å². The molecule has 0 unspecified atom stereocenters. The van der Waals surface area contributed by atoms with E-state index in [2.05, 4.69) is 15.4 Å². The number of ether oxygens (including phenoxy) is 3. The van der Waals surface area contributed by atoms with Crippen molar-refractivity contribution in [2.24, 2.45) is 10.9 Å². The molecule has 106 valence electrons. The summed E-state index contributed by atoms with van der Waals surface area (Å²) in [5, 5.41) is 19.0. The Balaban J connectivity index is 2.33. The van der Waals surface area contributed by atoms with Gasteiger partial charge in [-0.3, -0.25) is 0 Å². The Labute approximate surface area is 111 Å². The molecule has 19 heavy (non-hydrogen) atoms. The molecule has 0 spiro atoms. The van der Waals surface area contributed by atoms with Crippen molar-refractivity contribution < 1.29 is 19.4 Å². The number of rotatable bonds is 9. The molecule has 0 aromatic carbocycles. The summed E-state index contributed by atoms with van der Waals surface area (Å²) in [5.74, 6) is 0.129. The number of nitrogens with two attached hydrogens (primary N) is 1. The highest BCUT2D eigenvalue weighted by molar-refractivity contribution is 5.98. The first-order chi connectivity index (χ1) is 9.29. The van der Waals surface area contributed by atoms with Gasteiger partial charge in [0, 0.05) is 20.3 Å². The van der Waals surface area contributed by atoms with Gasteiger partial charge >= 0.3 is 0 Å². The van der Waals surface area contributed by atoms with Crippen molar-refractivity contribution in [1.82, 2.24) is 10.2 Å². The van der Waals surface area contributed by atoms with Crippen LogP contribution in [0.1, 0.15) is 12.0 Å². The fourth-order valence-corrected chi connectivity index (χ4v) is 1.28. The zero-order valence-electron chi connectivity index (χ0n) is 10.8. The van der Waals surface area contributed by atoms with E-state index in [9.17, 15) is 0 Å². The summed E-state index contributed by atoms with van der Waals surface area (Å²) in [6, 6.07) is 1.55. The van der Waals surface area contributed by atoms with Crippen LogP contribution in [0, 0.1) is 0 Å². The van der Waals surface area contributed by atoms with E-state index in [0.29, 0.717) is 32.0 Å². The first-order valence-corrected chi connectivity index (χ1v) is 5.78. The molecule has 0 saturated carbocycles. The number of oxime groups is 1. The fraction of sp³-hybridized carbons (Fsp3) is 0.545. The number of aromatic nitrogens is 2.